The van der Waals surface area contributed by atoms with Crippen LogP contribution in [0.25, 0.3) is 10.8 Å². The minimum absolute atomic E-state index is 0.493. The summed E-state index contributed by atoms with van der Waals surface area (Å²) in [5.41, 5.74) is 1.35. The maximum Gasteiger partial charge on any atom is 0.128 e. The zero-order valence-corrected chi connectivity index (χ0v) is 13.4. The molecular formula is C18H24N2O2. The fourth-order valence-electron chi connectivity index (χ4n) is 2.93. The van der Waals surface area contributed by atoms with Gasteiger partial charge < -0.3 is 9.47 Å². The molecule has 2 aromatic rings. The van der Waals surface area contributed by atoms with Crippen molar-refractivity contribution in [1.82, 2.24) is 9.88 Å². The number of morpholine rings is 1. The second kappa shape index (κ2) is 7.07. The lowest BCUT2D eigenvalue weighted by Gasteiger charge is -2.26. The van der Waals surface area contributed by atoms with Gasteiger partial charge in [0, 0.05) is 37.4 Å². The molecule has 0 N–H and O–H groups in total. The average molecular weight is 300 g/mol. The predicted molar refractivity (Wildman–Crippen MR) is 88.6 cm³/mol. The summed E-state index contributed by atoms with van der Waals surface area (Å²) >= 11 is 0. The molecule has 4 heteroatoms. The van der Waals surface area contributed by atoms with E-state index in [-0.39, 0.29) is 0 Å². The van der Waals surface area contributed by atoms with Crippen LogP contribution in [0.5, 0.6) is 5.75 Å². The van der Waals surface area contributed by atoms with Gasteiger partial charge in [-0.15, -0.1) is 0 Å². The predicted octanol–water partition coefficient (Wildman–Crippen LogP) is 3.07. The molecule has 4 nitrogen and oxygen atoms in total. The van der Waals surface area contributed by atoms with Crippen molar-refractivity contribution < 1.29 is 9.47 Å². The molecule has 0 amide bonds. The quantitative estimate of drug-likeness (QED) is 0.850. The molecule has 0 atom stereocenters. The average Bonchev–Trinajstić information content (AvgIpc) is 2.55. The first-order valence-electron chi connectivity index (χ1n) is 8.05. The van der Waals surface area contributed by atoms with E-state index in [0.717, 1.165) is 44.0 Å². The van der Waals surface area contributed by atoms with Gasteiger partial charge in [-0.05, 0) is 29.0 Å². The van der Waals surface area contributed by atoms with E-state index in [9.17, 15) is 0 Å². The standard InChI is InChI=1S/C18H24N2O2/c1-14(2)15-3-4-18(17-13-19-6-5-16(15)17)22-12-9-20-7-10-21-11-8-20/h3-6,13-14H,7-12H2,1-2H3. The maximum atomic E-state index is 6.03. The number of ether oxygens (including phenoxy) is 2. The lowest BCUT2D eigenvalue weighted by molar-refractivity contribution is 0.0323. The van der Waals surface area contributed by atoms with Crippen molar-refractivity contribution in [2.75, 3.05) is 39.5 Å². The molecule has 22 heavy (non-hydrogen) atoms. The maximum absolute atomic E-state index is 6.03. The van der Waals surface area contributed by atoms with E-state index < -0.39 is 0 Å². The summed E-state index contributed by atoms with van der Waals surface area (Å²) in [4.78, 5) is 6.65. The van der Waals surface area contributed by atoms with Crippen LogP contribution in [-0.4, -0.2) is 49.3 Å². The summed E-state index contributed by atoms with van der Waals surface area (Å²) < 4.78 is 11.4. The molecular weight excluding hydrogens is 276 g/mol. The Morgan fingerprint density at radius 1 is 1.18 bits per heavy atom. The monoisotopic (exact) mass is 300 g/mol. The molecule has 2 heterocycles. The number of hydrogen-bond acceptors (Lipinski definition) is 4. The Balaban J connectivity index is 1.72. The zero-order valence-electron chi connectivity index (χ0n) is 13.4. The molecule has 1 aliphatic heterocycles. The summed E-state index contributed by atoms with van der Waals surface area (Å²) in [6, 6.07) is 6.34. The number of rotatable bonds is 5. The van der Waals surface area contributed by atoms with Crippen LogP contribution in [0.4, 0.5) is 0 Å². The molecule has 0 aliphatic carbocycles. The normalized spacial score (nSPS) is 16.3. The first-order chi connectivity index (χ1) is 10.8. The Kier molecular flexibility index (Phi) is 4.90. The van der Waals surface area contributed by atoms with E-state index in [4.69, 9.17) is 9.47 Å². The van der Waals surface area contributed by atoms with Gasteiger partial charge >= 0.3 is 0 Å². The van der Waals surface area contributed by atoms with Gasteiger partial charge in [0.25, 0.3) is 0 Å². The number of pyridine rings is 1. The third-order valence-electron chi connectivity index (χ3n) is 4.20. The number of hydrogen-bond donors (Lipinski definition) is 0. The highest BCUT2D eigenvalue weighted by atomic mass is 16.5. The van der Waals surface area contributed by atoms with Crippen molar-refractivity contribution in [2.45, 2.75) is 19.8 Å². The molecule has 0 radical (unpaired) electrons. The lowest BCUT2D eigenvalue weighted by atomic mass is 9.97. The van der Waals surface area contributed by atoms with Gasteiger partial charge in [0.05, 0.1) is 13.2 Å². The Hall–Kier alpha value is -1.65. The molecule has 1 aromatic heterocycles. The SMILES string of the molecule is CC(C)c1ccc(OCCN2CCOCC2)c2cnccc12. The van der Waals surface area contributed by atoms with Crippen LogP contribution in [0, 0.1) is 0 Å². The van der Waals surface area contributed by atoms with E-state index in [1.807, 2.05) is 12.4 Å². The van der Waals surface area contributed by atoms with Gasteiger partial charge in [0.2, 0.25) is 0 Å². The van der Waals surface area contributed by atoms with Gasteiger partial charge in [-0.3, -0.25) is 9.88 Å². The smallest absolute Gasteiger partial charge is 0.128 e. The lowest BCUT2D eigenvalue weighted by Crippen LogP contribution is -2.38. The topological polar surface area (TPSA) is 34.6 Å². The fourth-order valence-corrected chi connectivity index (χ4v) is 2.93. The van der Waals surface area contributed by atoms with Crippen LogP contribution in [0.1, 0.15) is 25.3 Å². The third kappa shape index (κ3) is 3.39. The first kappa shape index (κ1) is 15.3. The van der Waals surface area contributed by atoms with Gasteiger partial charge in [0.1, 0.15) is 12.4 Å². The molecule has 1 aliphatic rings. The Morgan fingerprint density at radius 2 is 2.00 bits per heavy atom. The fraction of sp³-hybridized carbons (Fsp3) is 0.500. The summed E-state index contributed by atoms with van der Waals surface area (Å²) in [5.74, 6) is 1.42. The number of fused-ring (bicyclic) bond motifs is 1. The molecule has 1 aromatic carbocycles. The molecule has 0 saturated carbocycles. The van der Waals surface area contributed by atoms with Crippen LogP contribution in [0.3, 0.4) is 0 Å². The van der Waals surface area contributed by atoms with Crippen LogP contribution < -0.4 is 4.74 Å². The minimum Gasteiger partial charge on any atom is -0.492 e. The Morgan fingerprint density at radius 3 is 2.77 bits per heavy atom. The van der Waals surface area contributed by atoms with E-state index in [1.54, 1.807) is 0 Å². The van der Waals surface area contributed by atoms with E-state index >= 15 is 0 Å². The van der Waals surface area contributed by atoms with Crippen LogP contribution in [0.2, 0.25) is 0 Å². The van der Waals surface area contributed by atoms with E-state index in [2.05, 4.69) is 41.9 Å². The zero-order chi connectivity index (χ0) is 15.4. The molecule has 3 rings (SSSR count). The van der Waals surface area contributed by atoms with Crippen LogP contribution in [-0.2, 0) is 4.74 Å². The number of nitrogens with zero attached hydrogens (tertiary/aromatic N) is 2. The highest BCUT2D eigenvalue weighted by molar-refractivity contribution is 5.90. The molecule has 1 saturated heterocycles. The highest BCUT2D eigenvalue weighted by Gasteiger charge is 2.12. The molecule has 0 bridgehead atoms. The third-order valence-corrected chi connectivity index (χ3v) is 4.20. The first-order valence-corrected chi connectivity index (χ1v) is 8.05. The van der Waals surface area contributed by atoms with Gasteiger partial charge in [-0.25, -0.2) is 0 Å². The van der Waals surface area contributed by atoms with Crippen molar-refractivity contribution in [3.05, 3.63) is 36.2 Å². The number of aromatic nitrogens is 1. The largest absolute Gasteiger partial charge is 0.492 e. The minimum atomic E-state index is 0.493. The van der Waals surface area contributed by atoms with Gasteiger partial charge in [0.15, 0.2) is 0 Å². The summed E-state index contributed by atoms with van der Waals surface area (Å²) in [6.07, 6.45) is 3.76. The number of benzene rings is 1. The summed E-state index contributed by atoms with van der Waals surface area (Å²) in [7, 11) is 0. The molecule has 0 unspecified atom stereocenters. The van der Waals surface area contributed by atoms with Crippen LogP contribution in [0.15, 0.2) is 30.6 Å². The Bertz CT molecular complexity index is 622. The Labute approximate surface area is 132 Å². The summed E-state index contributed by atoms with van der Waals surface area (Å²) in [5, 5.41) is 2.35. The van der Waals surface area contributed by atoms with Crippen molar-refractivity contribution in [3.8, 4) is 5.75 Å². The molecule has 0 spiro atoms. The van der Waals surface area contributed by atoms with Crippen LogP contribution >= 0.6 is 0 Å². The van der Waals surface area contributed by atoms with Gasteiger partial charge in [-0.2, -0.15) is 0 Å². The van der Waals surface area contributed by atoms with E-state index in [0.29, 0.717) is 12.5 Å². The second-order valence-electron chi connectivity index (χ2n) is 6.03. The highest BCUT2D eigenvalue weighted by Crippen LogP contribution is 2.31. The molecule has 1 fully saturated rings. The second-order valence-corrected chi connectivity index (χ2v) is 6.03. The van der Waals surface area contributed by atoms with Crippen molar-refractivity contribution >= 4 is 10.8 Å². The summed E-state index contributed by atoms with van der Waals surface area (Å²) in [6.45, 7) is 9.73. The van der Waals surface area contributed by atoms with Gasteiger partial charge in [-0.1, -0.05) is 19.9 Å². The van der Waals surface area contributed by atoms with Crippen molar-refractivity contribution in [3.63, 3.8) is 0 Å². The molecule has 118 valence electrons. The van der Waals surface area contributed by atoms with E-state index in [1.165, 1.54) is 10.9 Å². The van der Waals surface area contributed by atoms with Crippen molar-refractivity contribution in [2.24, 2.45) is 0 Å². The van der Waals surface area contributed by atoms with Crippen molar-refractivity contribution in [1.29, 1.82) is 0 Å².